The number of para-hydroxylation sites is 2. The van der Waals surface area contributed by atoms with E-state index in [9.17, 15) is 14.4 Å². The van der Waals surface area contributed by atoms with Crippen LogP contribution in [-0.4, -0.2) is 23.5 Å². The number of nitrogens with zero attached hydrogens (tertiary/aromatic N) is 1. The molecular weight excluding hydrogens is 362 g/mol. The number of ether oxygens (including phenoxy) is 1. The fourth-order valence-electron chi connectivity index (χ4n) is 2.92. The largest absolute Gasteiger partial charge is 0.495 e. The quantitative estimate of drug-likeness (QED) is 0.653. The molecule has 0 aliphatic carbocycles. The van der Waals surface area contributed by atoms with Crippen molar-refractivity contribution in [1.29, 1.82) is 0 Å². The van der Waals surface area contributed by atoms with E-state index in [1.807, 2.05) is 6.07 Å². The highest BCUT2D eigenvalue weighted by atomic mass is 16.5. The molecule has 0 saturated carbocycles. The molecule has 2 N–H and O–H groups in total. The molecule has 1 heterocycles. The third kappa shape index (κ3) is 4.40. The molecule has 3 rings (SSSR count). The van der Waals surface area contributed by atoms with E-state index in [1.54, 1.807) is 36.4 Å². The van der Waals surface area contributed by atoms with Gasteiger partial charge < -0.3 is 19.8 Å². The van der Waals surface area contributed by atoms with Gasteiger partial charge in [-0.05, 0) is 36.8 Å². The molecule has 0 saturated heterocycles. The van der Waals surface area contributed by atoms with Gasteiger partial charge in [-0.1, -0.05) is 12.1 Å². The molecule has 0 radical (unpaired) electrons. The summed E-state index contributed by atoms with van der Waals surface area (Å²) in [6.07, 6.45) is 0.669. The van der Waals surface area contributed by atoms with Crippen LogP contribution in [0.15, 0.2) is 51.7 Å². The van der Waals surface area contributed by atoms with E-state index in [0.29, 0.717) is 41.2 Å². The summed E-state index contributed by atoms with van der Waals surface area (Å²) in [4.78, 5) is 35.5. The molecule has 2 amide bonds. The topological polar surface area (TPSA) is 103 Å². The molecule has 0 spiro atoms. The number of aryl methyl sites for hydroxylation is 1. The number of fused-ring (bicyclic) bond motifs is 1. The smallest absolute Gasteiger partial charge is 0.419 e. The predicted molar refractivity (Wildman–Crippen MR) is 106 cm³/mol. The molecule has 0 unspecified atom stereocenters. The number of oxazole rings is 1. The summed E-state index contributed by atoms with van der Waals surface area (Å²) in [6, 6.07) is 12.1. The number of hydrogen-bond donors (Lipinski definition) is 2. The van der Waals surface area contributed by atoms with Gasteiger partial charge in [-0.15, -0.1) is 0 Å². The first-order chi connectivity index (χ1) is 13.5. The molecule has 0 aliphatic rings. The molecule has 2 aromatic carbocycles. The third-order valence-electron chi connectivity index (χ3n) is 4.15. The molecule has 8 nitrogen and oxygen atoms in total. The lowest BCUT2D eigenvalue weighted by molar-refractivity contribution is -0.116. The van der Waals surface area contributed by atoms with Crippen molar-refractivity contribution in [3.63, 3.8) is 0 Å². The highest BCUT2D eigenvalue weighted by Crippen LogP contribution is 2.28. The van der Waals surface area contributed by atoms with Crippen molar-refractivity contribution in [2.24, 2.45) is 0 Å². The van der Waals surface area contributed by atoms with E-state index in [1.165, 1.54) is 18.6 Å². The Hall–Kier alpha value is -3.55. The normalized spacial score (nSPS) is 10.6. The standard InChI is InChI=1S/C20H21N3O5/c1-13(24)21-14-9-10-17(27-2)15(12-14)22-19(25)8-5-11-23-16-6-3-4-7-18(16)28-20(23)26/h3-4,6-7,9-10,12H,5,8,11H2,1-2H3,(H,21,24)(H,22,25). The van der Waals surface area contributed by atoms with Gasteiger partial charge in [-0.2, -0.15) is 0 Å². The molecule has 1 aromatic heterocycles. The zero-order chi connectivity index (χ0) is 20.1. The number of anilines is 2. The molecular formula is C20H21N3O5. The molecule has 8 heteroatoms. The van der Waals surface area contributed by atoms with Gasteiger partial charge in [0, 0.05) is 25.6 Å². The van der Waals surface area contributed by atoms with Gasteiger partial charge in [-0.3, -0.25) is 14.2 Å². The van der Waals surface area contributed by atoms with Gasteiger partial charge in [0.15, 0.2) is 5.58 Å². The molecule has 0 aliphatic heterocycles. The lowest BCUT2D eigenvalue weighted by atomic mass is 10.2. The first-order valence-electron chi connectivity index (χ1n) is 8.82. The monoisotopic (exact) mass is 383 g/mol. The number of nitrogens with one attached hydrogen (secondary N) is 2. The van der Waals surface area contributed by atoms with Gasteiger partial charge in [0.05, 0.1) is 18.3 Å². The molecule has 3 aromatic rings. The van der Waals surface area contributed by atoms with Crippen LogP contribution < -0.4 is 21.1 Å². The number of rotatable bonds is 7. The van der Waals surface area contributed by atoms with Crippen molar-refractivity contribution in [2.75, 3.05) is 17.7 Å². The van der Waals surface area contributed by atoms with E-state index in [0.717, 1.165) is 0 Å². The number of amides is 2. The fraction of sp³-hybridized carbons (Fsp3) is 0.250. The van der Waals surface area contributed by atoms with E-state index >= 15 is 0 Å². The number of carbonyl (C=O) groups is 2. The van der Waals surface area contributed by atoms with Crippen LogP contribution in [0.1, 0.15) is 19.8 Å². The molecule has 0 fully saturated rings. The van der Waals surface area contributed by atoms with Crippen LogP contribution in [0.2, 0.25) is 0 Å². The molecule has 146 valence electrons. The lowest BCUT2D eigenvalue weighted by Gasteiger charge is -2.12. The zero-order valence-corrected chi connectivity index (χ0v) is 15.7. The Morgan fingerprint density at radius 3 is 2.68 bits per heavy atom. The van der Waals surface area contributed by atoms with Crippen LogP contribution in [-0.2, 0) is 16.1 Å². The number of benzene rings is 2. The highest BCUT2D eigenvalue weighted by Gasteiger charge is 2.11. The maximum atomic E-state index is 12.3. The maximum absolute atomic E-state index is 12.3. The van der Waals surface area contributed by atoms with Crippen molar-refractivity contribution in [3.05, 3.63) is 53.0 Å². The zero-order valence-electron chi connectivity index (χ0n) is 15.7. The van der Waals surface area contributed by atoms with Gasteiger partial charge in [-0.25, -0.2) is 4.79 Å². The summed E-state index contributed by atoms with van der Waals surface area (Å²) in [5.41, 5.74) is 2.25. The summed E-state index contributed by atoms with van der Waals surface area (Å²) >= 11 is 0. The number of carbonyl (C=O) groups excluding carboxylic acids is 2. The molecule has 0 bridgehead atoms. The summed E-state index contributed by atoms with van der Waals surface area (Å²) in [5.74, 6) is -0.384. The predicted octanol–water partition coefficient (Wildman–Crippen LogP) is 2.98. The van der Waals surface area contributed by atoms with Crippen molar-refractivity contribution in [3.8, 4) is 5.75 Å². The third-order valence-corrected chi connectivity index (χ3v) is 4.15. The Morgan fingerprint density at radius 2 is 1.93 bits per heavy atom. The summed E-state index contributed by atoms with van der Waals surface area (Å²) in [6.45, 7) is 1.77. The van der Waals surface area contributed by atoms with E-state index < -0.39 is 5.76 Å². The Morgan fingerprint density at radius 1 is 1.14 bits per heavy atom. The average molecular weight is 383 g/mol. The van der Waals surface area contributed by atoms with Crippen molar-refractivity contribution in [1.82, 2.24) is 4.57 Å². The second kappa shape index (κ2) is 8.43. The van der Waals surface area contributed by atoms with Crippen LogP contribution in [0.5, 0.6) is 5.75 Å². The van der Waals surface area contributed by atoms with Crippen LogP contribution in [0.4, 0.5) is 11.4 Å². The molecule has 0 atom stereocenters. The first kappa shape index (κ1) is 19.2. The number of hydrogen-bond acceptors (Lipinski definition) is 5. The van der Waals surface area contributed by atoms with Gasteiger partial charge in [0.1, 0.15) is 5.75 Å². The van der Waals surface area contributed by atoms with Crippen LogP contribution >= 0.6 is 0 Å². The van der Waals surface area contributed by atoms with Crippen LogP contribution in [0.3, 0.4) is 0 Å². The highest BCUT2D eigenvalue weighted by molar-refractivity contribution is 5.94. The van der Waals surface area contributed by atoms with Crippen LogP contribution in [0, 0.1) is 0 Å². The second-order valence-electron chi connectivity index (χ2n) is 6.24. The fourth-order valence-corrected chi connectivity index (χ4v) is 2.92. The Kier molecular flexibility index (Phi) is 5.78. The van der Waals surface area contributed by atoms with E-state index in [-0.39, 0.29) is 18.2 Å². The second-order valence-corrected chi connectivity index (χ2v) is 6.24. The average Bonchev–Trinajstić information content (AvgIpc) is 2.97. The van der Waals surface area contributed by atoms with Gasteiger partial charge in [0.25, 0.3) is 0 Å². The Balaban J connectivity index is 1.63. The SMILES string of the molecule is COc1ccc(NC(C)=O)cc1NC(=O)CCCn1c(=O)oc2ccccc21. The van der Waals surface area contributed by atoms with Gasteiger partial charge in [0.2, 0.25) is 11.8 Å². The van der Waals surface area contributed by atoms with Crippen LogP contribution in [0.25, 0.3) is 11.1 Å². The number of aromatic nitrogens is 1. The lowest BCUT2D eigenvalue weighted by Crippen LogP contribution is -2.17. The summed E-state index contributed by atoms with van der Waals surface area (Å²) in [7, 11) is 1.50. The first-order valence-corrected chi connectivity index (χ1v) is 8.82. The minimum absolute atomic E-state index is 0.208. The number of methoxy groups -OCH3 is 1. The minimum atomic E-state index is -0.439. The maximum Gasteiger partial charge on any atom is 0.419 e. The Bertz CT molecular complexity index is 1070. The summed E-state index contributed by atoms with van der Waals surface area (Å²) in [5, 5.41) is 5.44. The van der Waals surface area contributed by atoms with E-state index in [2.05, 4.69) is 10.6 Å². The van der Waals surface area contributed by atoms with Crippen molar-refractivity contribution in [2.45, 2.75) is 26.3 Å². The van der Waals surface area contributed by atoms with Crippen molar-refractivity contribution < 1.29 is 18.7 Å². The van der Waals surface area contributed by atoms with E-state index in [4.69, 9.17) is 9.15 Å². The molecule has 28 heavy (non-hydrogen) atoms. The Labute approximate surface area is 161 Å². The minimum Gasteiger partial charge on any atom is -0.495 e. The van der Waals surface area contributed by atoms with Crippen molar-refractivity contribution >= 4 is 34.3 Å². The van der Waals surface area contributed by atoms with Gasteiger partial charge >= 0.3 is 5.76 Å². The summed E-state index contributed by atoms with van der Waals surface area (Å²) < 4.78 is 11.9.